The van der Waals surface area contributed by atoms with E-state index in [0.717, 1.165) is 29.3 Å². The normalized spacial score (nSPS) is 17.6. The Morgan fingerprint density at radius 1 is 1.31 bits per heavy atom. The van der Waals surface area contributed by atoms with Gasteiger partial charge in [0.15, 0.2) is 5.82 Å². The van der Waals surface area contributed by atoms with Crippen molar-refractivity contribution in [3.63, 3.8) is 0 Å². The van der Waals surface area contributed by atoms with Gasteiger partial charge in [0.1, 0.15) is 11.2 Å². The molecule has 0 atom stereocenters. The van der Waals surface area contributed by atoms with Gasteiger partial charge >= 0.3 is 0 Å². The predicted molar refractivity (Wildman–Crippen MR) is 63.5 cm³/mol. The fourth-order valence-electron chi connectivity index (χ4n) is 1.78. The van der Waals surface area contributed by atoms with Crippen LogP contribution in [0.15, 0.2) is 34.0 Å². The Kier molecular flexibility index (Phi) is 2.32. The summed E-state index contributed by atoms with van der Waals surface area (Å²) in [4.78, 5) is 10.5. The standard InChI is InChI=1S/C11H11N3OS/c1-15-11-9-10(12-6-13-11)14-7-4-2-3-5-8(7)16-9/h4-6H,2-3H2,1H3,(H,12,13,14). The Labute approximate surface area is 97.8 Å². The van der Waals surface area contributed by atoms with E-state index in [1.165, 1.54) is 11.2 Å². The first kappa shape index (κ1) is 9.72. The second-order valence-corrected chi connectivity index (χ2v) is 4.60. The third-order valence-electron chi connectivity index (χ3n) is 2.54. The summed E-state index contributed by atoms with van der Waals surface area (Å²) in [6, 6.07) is 0. The zero-order chi connectivity index (χ0) is 11.0. The highest BCUT2D eigenvalue weighted by molar-refractivity contribution is 8.03. The van der Waals surface area contributed by atoms with Crippen LogP contribution in [0.1, 0.15) is 12.8 Å². The van der Waals surface area contributed by atoms with E-state index in [0.29, 0.717) is 5.88 Å². The molecule has 1 aromatic heterocycles. The molecule has 0 unspecified atom stereocenters. The third kappa shape index (κ3) is 1.48. The average Bonchev–Trinajstić information content (AvgIpc) is 2.35. The van der Waals surface area contributed by atoms with Crippen molar-refractivity contribution in [2.45, 2.75) is 17.7 Å². The van der Waals surface area contributed by atoms with Gasteiger partial charge in [-0.15, -0.1) is 0 Å². The Balaban J connectivity index is 2.08. The molecule has 2 aliphatic rings. The van der Waals surface area contributed by atoms with Gasteiger partial charge < -0.3 is 10.1 Å². The van der Waals surface area contributed by atoms with Crippen molar-refractivity contribution < 1.29 is 4.74 Å². The quantitative estimate of drug-likeness (QED) is 0.807. The van der Waals surface area contributed by atoms with Crippen LogP contribution >= 0.6 is 11.8 Å². The number of hydrogen-bond acceptors (Lipinski definition) is 5. The summed E-state index contributed by atoms with van der Waals surface area (Å²) in [5.41, 5.74) is 1.16. The summed E-state index contributed by atoms with van der Waals surface area (Å²) in [5, 5.41) is 3.31. The molecule has 3 rings (SSSR count). The van der Waals surface area contributed by atoms with E-state index in [-0.39, 0.29) is 0 Å². The van der Waals surface area contributed by atoms with Crippen molar-refractivity contribution in [3.8, 4) is 5.88 Å². The maximum absolute atomic E-state index is 5.23. The Hall–Kier alpha value is -1.49. The molecule has 1 aliphatic heterocycles. The van der Waals surface area contributed by atoms with Crippen LogP contribution in [-0.4, -0.2) is 17.1 Å². The van der Waals surface area contributed by atoms with Gasteiger partial charge in [0, 0.05) is 10.6 Å². The van der Waals surface area contributed by atoms with E-state index in [1.54, 1.807) is 18.9 Å². The van der Waals surface area contributed by atoms with Crippen LogP contribution in [0, 0.1) is 0 Å². The minimum absolute atomic E-state index is 0.632. The number of anilines is 1. The molecular formula is C11H11N3OS. The molecule has 0 bridgehead atoms. The van der Waals surface area contributed by atoms with Crippen LogP contribution in [0.4, 0.5) is 5.82 Å². The summed E-state index contributed by atoms with van der Waals surface area (Å²) >= 11 is 1.67. The summed E-state index contributed by atoms with van der Waals surface area (Å²) < 4.78 is 5.23. The topological polar surface area (TPSA) is 47.0 Å². The minimum Gasteiger partial charge on any atom is -0.480 e. The number of fused-ring (bicyclic) bond motifs is 2. The number of nitrogens with one attached hydrogen (secondary N) is 1. The van der Waals surface area contributed by atoms with Gasteiger partial charge in [0.05, 0.1) is 7.11 Å². The van der Waals surface area contributed by atoms with Crippen molar-refractivity contribution in [1.29, 1.82) is 0 Å². The summed E-state index contributed by atoms with van der Waals surface area (Å²) in [7, 11) is 1.63. The van der Waals surface area contributed by atoms with E-state index < -0.39 is 0 Å². The number of methoxy groups -OCH3 is 1. The van der Waals surface area contributed by atoms with Gasteiger partial charge in [-0.25, -0.2) is 9.97 Å². The molecular weight excluding hydrogens is 222 g/mol. The van der Waals surface area contributed by atoms with Crippen LogP contribution in [0.25, 0.3) is 0 Å². The second-order valence-electron chi connectivity index (χ2n) is 3.55. The molecule has 0 aromatic carbocycles. The summed E-state index contributed by atoms with van der Waals surface area (Å²) in [5.74, 6) is 1.47. The smallest absolute Gasteiger partial charge is 0.232 e. The first-order valence-electron chi connectivity index (χ1n) is 5.13. The monoisotopic (exact) mass is 233 g/mol. The molecule has 1 aromatic rings. The van der Waals surface area contributed by atoms with Crippen molar-refractivity contribution in [2.24, 2.45) is 0 Å². The molecule has 16 heavy (non-hydrogen) atoms. The van der Waals surface area contributed by atoms with E-state index in [2.05, 4.69) is 27.4 Å². The third-order valence-corrected chi connectivity index (χ3v) is 3.72. The maximum Gasteiger partial charge on any atom is 0.232 e. The molecule has 1 aliphatic carbocycles. The molecule has 4 nitrogen and oxygen atoms in total. The lowest BCUT2D eigenvalue weighted by atomic mass is 10.1. The average molecular weight is 233 g/mol. The number of aromatic nitrogens is 2. The summed E-state index contributed by atoms with van der Waals surface area (Å²) in [6.07, 6.45) is 8.15. The fourth-order valence-corrected chi connectivity index (χ4v) is 2.87. The molecule has 0 saturated heterocycles. The van der Waals surface area contributed by atoms with Crippen molar-refractivity contribution in [1.82, 2.24) is 9.97 Å². The Morgan fingerprint density at radius 3 is 3.06 bits per heavy atom. The van der Waals surface area contributed by atoms with Crippen molar-refractivity contribution in [3.05, 3.63) is 29.1 Å². The van der Waals surface area contributed by atoms with Gasteiger partial charge in [-0.05, 0) is 12.8 Å². The molecule has 0 spiro atoms. The minimum atomic E-state index is 0.632. The SMILES string of the molecule is COc1ncnc2c1SC1=CCCC=C1N2. The lowest BCUT2D eigenvalue weighted by molar-refractivity contribution is 0.386. The van der Waals surface area contributed by atoms with Gasteiger partial charge in [-0.3, -0.25) is 0 Å². The lowest BCUT2D eigenvalue weighted by Crippen LogP contribution is -2.12. The number of allylic oxidation sites excluding steroid dienone is 2. The first-order valence-corrected chi connectivity index (χ1v) is 5.94. The number of thioether (sulfide) groups is 1. The van der Waals surface area contributed by atoms with Gasteiger partial charge in [0.25, 0.3) is 0 Å². The number of hydrogen-bond donors (Lipinski definition) is 1. The molecule has 5 heteroatoms. The zero-order valence-electron chi connectivity index (χ0n) is 8.86. The van der Waals surface area contributed by atoms with E-state index in [1.807, 2.05) is 0 Å². The van der Waals surface area contributed by atoms with Gasteiger partial charge in [0.2, 0.25) is 5.88 Å². The van der Waals surface area contributed by atoms with Crippen LogP contribution < -0.4 is 10.1 Å². The van der Waals surface area contributed by atoms with E-state index in [4.69, 9.17) is 4.74 Å². The summed E-state index contributed by atoms with van der Waals surface area (Å²) in [6.45, 7) is 0. The van der Waals surface area contributed by atoms with Crippen LogP contribution in [0.2, 0.25) is 0 Å². The molecule has 1 N–H and O–H groups in total. The van der Waals surface area contributed by atoms with E-state index in [9.17, 15) is 0 Å². The number of nitrogens with zero attached hydrogens (tertiary/aromatic N) is 2. The zero-order valence-corrected chi connectivity index (χ0v) is 9.67. The van der Waals surface area contributed by atoms with Crippen molar-refractivity contribution in [2.75, 3.05) is 12.4 Å². The number of rotatable bonds is 1. The molecule has 0 amide bonds. The molecule has 0 saturated carbocycles. The fraction of sp³-hybridized carbons (Fsp3) is 0.273. The van der Waals surface area contributed by atoms with Gasteiger partial charge in [-0.1, -0.05) is 23.9 Å². The highest BCUT2D eigenvalue weighted by Gasteiger charge is 2.24. The molecule has 0 radical (unpaired) electrons. The molecule has 0 fully saturated rings. The van der Waals surface area contributed by atoms with Gasteiger partial charge in [-0.2, -0.15) is 0 Å². The van der Waals surface area contributed by atoms with Crippen LogP contribution in [0.5, 0.6) is 5.88 Å². The number of ether oxygens (including phenoxy) is 1. The van der Waals surface area contributed by atoms with Crippen LogP contribution in [-0.2, 0) is 0 Å². The maximum atomic E-state index is 5.23. The molecule has 2 heterocycles. The first-order chi connectivity index (χ1) is 7.88. The Morgan fingerprint density at radius 2 is 2.19 bits per heavy atom. The molecule has 82 valence electrons. The largest absolute Gasteiger partial charge is 0.480 e. The Bertz CT molecular complexity index is 496. The lowest BCUT2D eigenvalue weighted by Gasteiger charge is -2.24. The van der Waals surface area contributed by atoms with Crippen molar-refractivity contribution >= 4 is 17.6 Å². The van der Waals surface area contributed by atoms with E-state index >= 15 is 0 Å². The van der Waals surface area contributed by atoms with Crippen LogP contribution in [0.3, 0.4) is 0 Å². The predicted octanol–water partition coefficient (Wildman–Crippen LogP) is 2.56. The highest BCUT2D eigenvalue weighted by atomic mass is 32.2. The highest BCUT2D eigenvalue weighted by Crippen LogP contribution is 2.46. The second kappa shape index (κ2) is 3.83.